The lowest BCUT2D eigenvalue weighted by molar-refractivity contribution is 0.394. The molecule has 2 unspecified atom stereocenters. The van der Waals surface area contributed by atoms with Crippen molar-refractivity contribution in [3.05, 3.63) is 24.1 Å². The normalized spacial score (nSPS) is 23.8. The van der Waals surface area contributed by atoms with Gasteiger partial charge < -0.3 is 10.2 Å². The maximum atomic E-state index is 5.75. The van der Waals surface area contributed by atoms with Gasteiger partial charge in [-0.3, -0.25) is 0 Å². The van der Waals surface area contributed by atoms with Gasteiger partial charge in [-0.25, -0.2) is 4.98 Å². The molecule has 1 aromatic carbocycles. The molecule has 2 aromatic rings. The summed E-state index contributed by atoms with van der Waals surface area (Å²) in [6.07, 6.45) is 5.42. The first-order valence-corrected chi connectivity index (χ1v) is 8.02. The van der Waals surface area contributed by atoms with Crippen molar-refractivity contribution in [2.75, 3.05) is 5.73 Å². The first-order valence-electron chi connectivity index (χ1n) is 6.97. The highest BCUT2D eigenvalue weighted by Gasteiger charge is 2.19. The second-order valence-corrected chi connectivity index (χ2v) is 6.83. The summed E-state index contributed by atoms with van der Waals surface area (Å²) in [6.45, 7) is 2.36. The molecule has 1 aliphatic carbocycles. The molecule has 0 amide bonds. The molecule has 4 heteroatoms. The first-order chi connectivity index (χ1) is 9.20. The number of fused-ring (bicyclic) bond motifs is 1. The SMILES string of the molecule is CC1CCCC(SCc2nc3cc(N)ccc3o2)C1. The molecule has 3 nitrogen and oxygen atoms in total. The summed E-state index contributed by atoms with van der Waals surface area (Å²) in [5, 5.41) is 0.767. The lowest BCUT2D eigenvalue weighted by atomic mass is 9.91. The summed E-state index contributed by atoms with van der Waals surface area (Å²) in [5.74, 6) is 2.56. The minimum atomic E-state index is 0.737. The van der Waals surface area contributed by atoms with Crippen LogP contribution in [0.4, 0.5) is 5.69 Å². The van der Waals surface area contributed by atoms with Crippen LogP contribution >= 0.6 is 11.8 Å². The van der Waals surface area contributed by atoms with E-state index in [0.717, 1.165) is 39.6 Å². The van der Waals surface area contributed by atoms with Gasteiger partial charge in [0.15, 0.2) is 5.58 Å². The van der Waals surface area contributed by atoms with Crippen molar-refractivity contribution in [1.82, 2.24) is 4.98 Å². The van der Waals surface area contributed by atoms with Crippen LogP contribution in [0.15, 0.2) is 22.6 Å². The van der Waals surface area contributed by atoms with Crippen molar-refractivity contribution >= 4 is 28.5 Å². The second kappa shape index (κ2) is 5.45. The highest BCUT2D eigenvalue weighted by Crippen LogP contribution is 2.33. The number of aromatic nitrogens is 1. The Bertz CT molecular complexity index is 566. The quantitative estimate of drug-likeness (QED) is 0.853. The van der Waals surface area contributed by atoms with Gasteiger partial charge in [-0.2, -0.15) is 0 Å². The fourth-order valence-corrected chi connectivity index (χ4v) is 4.07. The average Bonchev–Trinajstić information content (AvgIpc) is 2.78. The van der Waals surface area contributed by atoms with Gasteiger partial charge in [0.1, 0.15) is 5.52 Å². The summed E-state index contributed by atoms with van der Waals surface area (Å²) < 4.78 is 5.75. The first kappa shape index (κ1) is 12.9. The third-order valence-electron chi connectivity index (χ3n) is 3.79. The number of hydrogen-bond donors (Lipinski definition) is 1. The predicted octanol–water partition coefficient (Wildman–Crippen LogP) is 4.22. The van der Waals surface area contributed by atoms with Crippen LogP contribution < -0.4 is 5.73 Å². The largest absolute Gasteiger partial charge is 0.440 e. The standard InChI is InChI=1S/C15H20N2OS/c1-10-3-2-4-12(7-10)19-9-15-17-13-8-11(16)5-6-14(13)18-15/h5-6,8,10,12H,2-4,7,9,16H2,1H3. The van der Waals surface area contributed by atoms with Gasteiger partial charge in [-0.05, 0) is 37.0 Å². The molecule has 19 heavy (non-hydrogen) atoms. The fourth-order valence-electron chi connectivity index (χ4n) is 2.77. The molecular weight excluding hydrogens is 256 g/mol. The van der Waals surface area contributed by atoms with Gasteiger partial charge in [0, 0.05) is 10.9 Å². The summed E-state index contributed by atoms with van der Waals surface area (Å²) in [4.78, 5) is 4.51. The topological polar surface area (TPSA) is 52.0 Å². The molecule has 1 heterocycles. The lowest BCUT2D eigenvalue weighted by Crippen LogP contribution is -2.15. The van der Waals surface area contributed by atoms with E-state index in [4.69, 9.17) is 10.2 Å². The predicted molar refractivity (Wildman–Crippen MR) is 81.1 cm³/mol. The number of benzene rings is 1. The van der Waals surface area contributed by atoms with E-state index in [1.807, 2.05) is 30.0 Å². The molecular formula is C15H20N2OS. The van der Waals surface area contributed by atoms with Crippen LogP contribution in [0.5, 0.6) is 0 Å². The maximum absolute atomic E-state index is 5.75. The smallest absolute Gasteiger partial charge is 0.205 e. The molecule has 1 fully saturated rings. The molecule has 2 N–H and O–H groups in total. The van der Waals surface area contributed by atoms with Crippen molar-refractivity contribution in [2.24, 2.45) is 5.92 Å². The van der Waals surface area contributed by atoms with Gasteiger partial charge >= 0.3 is 0 Å². The number of nitrogens with two attached hydrogens (primary N) is 1. The van der Waals surface area contributed by atoms with Crippen LogP contribution in [0, 0.1) is 5.92 Å². The Morgan fingerprint density at radius 1 is 1.42 bits per heavy atom. The summed E-state index contributed by atoms with van der Waals surface area (Å²) >= 11 is 1.99. The molecule has 0 radical (unpaired) electrons. The van der Waals surface area contributed by atoms with Gasteiger partial charge in [0.05, 0.1) is 5.75 Å². The maximum Gasteiger partial charge on any atom is 0.205 e. The summed E-state index contributed by atoms with van der Waals surface area (Å²) in [5.41, 5.74) is 8.19. The molecule has 1 aliphatic rings. The van der Waals surface area contributed by atoms with Gasteiger partial charge in [-0.1, -0.05) is 19.8 Å². The van der Waals surface area contributed by atoms with Crippen LogP contribution in [0.25, 0.3) is 11.1 Å². The van der Waals surface area contributed by atoms with Crippen LogP contribution in [-0.4, -0.2) is 10.2 Å². The van der Waals surface area contributed by atoms with Crippen LogP contribution in [-0.2, 0) is 5.75 Å². The van der Waals surface area contributed by atoms with Crippen LogP contribution in [0.2, 0.25) is 0 Å². The zero-order valence-corrected chi connectivity index (χ0v) is 12.1. The number of hydrogen-bond acceptors (Lipinski definition) is 4. The van der Waals surface area contributed by atoms with E-state index in [-0.39, 0.29) is 0 Å². The monoisotopic (exact) mass is 276 g/mol. The van der Waals surface area contributed by atoms with E-state index in [1.54, 1.807) is 0 Å². The van der Waals surface area contributed by atoms with E-state index in [2.05, 4.69) is 11.9 Å². The zero-order valence-electron chi connectivity index (χ0n) is 11.3. The highest BCUT2D eigenvalue weighted by molar-refractivity contribution is 7.99. The molecule has 1 saturated carbocycles. The van der Waals surface area contributed by atoms with Crippen molar-refractivity contribution in [1.29, 1.82) is 0 Å². The lowest BCUT2D eigenvalue weighted by Gasteiger charge is -2.25. The Morgan fingerprint density at radius 3 is 3.16 bits per heavy atom. The van der Waals surface area contributed by atoms with Crippen molar-refractivity contribution in [3.8, 4) is 0 Å². The summed E-state index contributed by atoms with van der Waals surface area (Å²) in [6, 6.07) is 5.62. The molecule has 0 aliphatic heterocycles. The van der Waals surface area contributed by atoms with Gasteiger partial charge in [0.2, 0.25) is 5.89 Å². The number of nitrogen functional groups attached to an aromatic ring is 1. The van der Waals surface area contributed by atoms with Gasteiger partial charge in [0.25, 0.3) is 0 Å². The molecule has 102 valence electrons. The minimum Gasteiger partial charge on any atom is -0.440 e. The van der Waals surface area contributed by atoms with Crippen LogP contribution in [0.1, 0.15) is 38.5 Å². The molecule has 3 rings (SSSR count). The van der Waals surface area contributed by atoms with Crippen molar-refractivity contribution in [3.63, 3.8) is 0 Å². The number of oxazole rings is 1. The van der Waals surface area contributed by atoms with E-state index in [9.17, 15) is 0 Å². The number of anilines is 1. The molecule has 0 bridgehead atoms. The summed E-state index contributed by atoms with van der Waals surface area (Å²) in [7, 11) is 0. The zero-order chi connectivity index (χ0) is 13.2. The molecule has 0 saturated heterocycles. The van der Waals surface area contributed by atoms with E-state index in [1.165, 1.54) is 25.7 Å². The highest BCUT2D eigenvalue weighted by atomic mass is 32.2. The van der Waals surface area contributed by atoms with E-state index >= 15 is 0 Å². The molecule has 2 atom stereocenters. The average molecular weight is 276 g/mol. The Balaban J connectivity index is 1.65. The Morgan fingerprint density at radius 2 is 2.32 bits per heavy atom. The van der Waals surface area contributed by atoms with Crippen LogP contribution in [0.3, 0.4) is 0 Å². The Kier molecular flexibility index (Phi) is 3.69. The molecule has 1 aromatic heterocycles. The second-order valence-electron chi connectivity index (χ2n) is 5.54. The Hall–Kier alpha value is -1.16. The van der Waals surface area contributed by atoms with Gasteiger partial charge in [-0.15, -0.1) is 11.8 Å². The fraction of sp³-hybridized carbons (Fsp3) is 0.533. The third-order valence-corrected chi connectivity index (χ3v) is 5.10. The van der Waals surface area contributed by atoms with Crippen molar-refractivity contribution in [2.45, 2.75) is 43.6 Å². The minimum absolute atomic E-state index is 0.737. The number of rotatable bonds is 3. The Labute approximate surface area is 118 Å². The van der Waals surface area contributed by atoms with Crippen molar-refractivity contribution < 1.29 is 4.42 Å². The number of thioether (sulfide) groups is 1. The number of nitrogens with zero attached hydrogens (tertiary/aromatic N) is 1. The van der Waals surface area contributed by atoms with E-state index in [0.29, 0.717) is 0 Å². The third kappa shape index (κ3) is 3.06. The molecule has 0 spiro atoms. The van der Waals surface area contributed by atoms with E-state index < -0.39 is 0 Å².